The summed E-state index contributed by atoms with van der Waals surface area (Å²) in [5.41, 5.74) is 2.19. The third kappa shape index (κ3) is 4.71. The number of nitrogens with zero attached hydrogens (tertiary/aromatic N) is 2. The molecule has 0 bridgehead atoms. The van der Waals surface area contributed by atoms with Gasteiger partial charge in [-0.05, 0) is 36.1 Å². The minimum absolute atomic E-state index is 0.149. The maximum atomic E-state index is 11.7. The van der Waals surface area contributed by atoms with Gasteiger partial charge in [-0.3, -0.25) is 4.79 Å². The van der Waals surface area contributed by atoms with Crippen molar-refractivity contribution in [3.63, 3.8) is 0 Å². The number of rotatable bonds is 6. The van der Waals surface area contributed by atoms with Crippen molar-refractivity contribution < 1.29 is 17.9 Å². The van der Waals surface area contributed by atoms with Gasteiger partial charge in [-0.1, -0.05) is 6.07 Å². The topological polar surface area (TPSA) is 79.0 Å². The fourth-order valence-electron chi connectivity index (χ4n) is 3.20. The van der Waals surface area contributed by atoms with E-state index in [4.69, 9.17) is 4.74 Å². The van der Waals surface area contributed by atoms with Gasteiger partial charge < -0.3 is 15.0 Å². The number of fused-ring (bicyclic) bond motifs is 1. The molecule has 1 N–H and O–H groups in total. The van der Waals surface area contributed by atoms with Crippen molar-refractivity contribution in [1.82, 2.24) is 14.5 Å². The van der Waals surface area contributed by atoms with Crippen LogP contribution in [-0.2, 0) is 27.8 Å². The van der Waals surface area contributed by atoms with Crippen molar-refractivity contribution in [2.75, 3.05) is 45.6 Å². The largest absolute Gasteiger partial charge is 0.494 e. The zero-order valence-electron chi connectivity index (χ0n) is 14.5. The molecule has 8 heteroatoms. The van der Waals surface area contributed by atoms with Crippen LogP contribution in [0.4, 0.5) is 0 Å². The van der Waals surface area contributed by atoms with Gasteiger partial charge in [0, 0.05) is 32.7 Å². The van der Waals surface area contributed by atoms with Crippen molar-refractivity contribution in [3.05, 3.63) is 29.3 Å². The lowest BCUT2D eigenvalue weighted by Gasteiger charge is -2.27. The number of amides is 1. The Hall–Kier alpha value is -1.64. The number of carbonyl (C=O) groups excluding carboxylic acids is 1. The molecule has 0 radical (unpaired) electrons. The Bertz CT molecular complexity index is 735. The Balaban J connectivity index is 1.49. The van der Waals surface area contributed by atoms with Crippen LogP contribution in [0.1, 0.15) is 17.5 Å². The molecule has 25 heavy (non-hydrogen) atoms. The lowest BCUT2D eigenvalue weighted by atomic mass is 10.0. The second kappa shape index (κ2) is 7.72. The first-order chi connectivity index (χ1) is 11.9. The molecule has 1 fully saturated rings. The Morgan fingerprint density at radius 2 is 2.08 bits per heavy atom. The fourth-order valence-corrected chi connectivity index (χ4v) is 4.00. The van der Waals surface area contributed by atoms with Crippen LogP contribution in [0, 0.1) is 0 Å². The molecule has 0 aromatic heterocycles. The van der Waals surface area contributed by atoms with E-state index in [1.165, 1.54) is 10.6 Å². The summed E-state index contributed by atoms with van der Waals surface area (Å²) < 4.78 is 30.6. The van der Waals surface area contributed by atoms with Crippen LogP contribution in [-0.4, -0.2) is 69.1 Å². The molecule has 1 aromatic rings. The predicted molar refractivity (Wildman–Crippen MR) is 95.0 cm³/mol. The van der Waals surface area contributed by atoms with Crippen LogP contribution < -0.4 is 10.1 Å². The summed E-state index contributed by atoms with van der Waals surface area (Å²) in [6.45, 7) is 4.26. The standard InChI is InChI=1S/C17H25N3O4S/c1-25(22,23)20-8-5-14-11-16(4-3-15(14)13-20)24-10-2-7-19-9-6-18-12-17(19)21/h3-4,11,18H,2,5-10,12-13H2,1H3. The summed E-state index contributed by atoms with van der Waals surface area (Å²) in [6.07, 6.45) is 2.75. The van der Waals surface area contributed by atoms with Gasteiger partial charge in [-0.25, -0.2) is 8.42 Å². The third-order valence-electron chi connectivity index (χ3n) is 4.65. The lowest BCUT2D eigenvalue weighted by molar-refractivity contribution is -0.132. The van der Waals surface area contributed by atoms with Crippen LogP contribution in [0.25, 0.3) is 0 Å². The van der Waals surface area contributed by atoms with Gasteiger partial charge >= 0.3 is 0 Å². The number of ether oxygens (including phenoxy) is 1. The summed E-state index contributed by atoms with van der Waals surface area (Å²) in [7, 11) is -3.15. The molecule has 1 aromatic carbocycles. The van der Waals surface area contributed by atoms with E-state index in [-0.39, 0.29) is 5.91 Å². The van der Waals surface area contributed by atoms with Crippen molar-refractivity contribution in [1.29, 1.82) is 0 Å². The predicted octanol–water partition coefficient (Wildman–Crippen LogP) is 0.205. The van der Waals surface area contributed by atoms with E-state index >= 15 is 0 Å². The van der Waals surface area contributed by atoms with E-state index in [1.54, 1.807) is 0 Å². The first-order valence-electron chi connectivity index (χ1n) is 8.62. The SMILES string of the molecule is CS(=O)(=O)N1CCc2cc(OCCCN3CCNCC3=O)ccc2C1. The van der Waals surface area contributed by atoms with Crippen LogP contribution in [0.3, 0.4) is 0 Å². The molecule has 0 atom stereocenters. The number of sulfonamides is 1. The highest BCUT2D eigenvalue weighted by molar-refractivity contribution is 7.88. The molecule has 0 saturated carbocycles. The van der Waals surface area contributed by atoms with Gasteiger partial charge in [0.15, 0.2) is 0 Å². The minimum atomic E-state index is -3.15. The molecule has 0 unspecified atom stereocenters. The fraction of sp³-hybridized carbons (Fsp3) is 0.588. The van der Waals surface area contributed by atoms with Crippen LogP contribution >= 0.6 is 0 Å². The molecule has 138 valence electrons. The van der Waals surface area contributed by atoms with E-state index in [9.17, 15) is 13.2 Å². The zero-order chi connectivity index (χ0) is 17.9. The van der Waals surface area contributed by atoms with Crippen LogP contribution in [0.2, 0.25) is 0 Å². The molecule has 2 heterocycles. The quantitative estimate of drug-likeness (QED) is 0.727. The molecule has 7 nitrogen and oxygen atoms in total. The molecule has 0 spiro atoms. The molecular weight excluding hydrogens is 342 g/mol. The molecule has 2 aliphatic heterocycles. The molecule has 0 aliphatic carbocycles. The minimum Gasteiger partial charge on any atom is -0.494 e. The van der Waals surface area contributed by atoms with E-state index in [1.807, 2.05) is 23.1 Å². The molecule has 1 amide bonds. The second-order valence-electron chi connectivity index (χ2n) is 6.54. The normalized spacial score (nSPS) is 18.9. The van der Waals surface area contributed by atoms with E-state index in [0.29, 0.717) is 32.7 Å². The summed E-state index contributed by atoms with van der Waals surface area (Å²) in [6, 6.07) is 5.84. The molecule has 1 saturated heterocycles. The summed E-state index contributed by atoms with van der Waals surface area (Å²) in [4.78, 5) is 13.6. The summed E-state index contributed by atoms with van der Waals surface area (Å²) in [5.74, 6) is 0.952. The first kappa shape index (κ1) is 18.2. The van der Waals surface area contributed by atoms with Gasteiger partial charge in [0.1, 0.15) is 5.75 Å². The molecule has 3 rings (SSSR count). The number of piperazine rings is 1. The summed E-state index contributed by atoms with van der Waals surface area (Å²) >= 11 is 0. The average molecular weight is 367 g/mol. The zero-order valence-corrected chi connectivity index (χ0v) is 15.3. The first-order valence-corrected chi connectivity index (χ1v) is 10.5. The Labute approximate surface area is 149 Å². The van der Waals surface area contributed by atoms with Crippen molar-refractivity contribution >= 4 is 15.9 Å². The van der Waals surface area contributed by atoms with E-state index in [0.717, 1.165) is 42.9 Å². The van der Waals surface area contributed by atoms with Crippen molar-refractivity contribution in [2.24, 2.45) is 0 Å². The Morgan fingerprint density at radius 3 is 2.84 bits per heavy atom. The number of nitrogens with one attached hydrogen (secondary N) is 1. The third-order valence-corrected chi connectivity index (χ3v) is 5.90. The highest BCUT2D eigenvalue weighted by Crippen LogP contribution is 2.25. The van der Waals surface area contributed by atoms with Gasteiger partial charge in [0.25, 0.3) is 0 Å². The highest BCUT2D eigenvalue weighted by Gasteiger charge is 2.23. The number of benzene rings is 1. The maximum Gasteiger partial charge on any atom is 0.236 e. The lowest BCUT2D eigenvalue weighted by Crippen LogP contribution is -2.48. The van der Waals surface area contributed by atoms with E-state index < -0.39 is 10.0 Å². The smallest absolute Gasteiger partial charge is 0.236 e. The summed E-state index contributed by atoms with van der Waals surface area (Å²) in [5, 5.41) is 3.06. The molecular formula is C17H25N3O4S. The van der Waals surface area contributed by atoms with Gasteiger partial charge in [-0.15, -0.1) is 0 Å². The van der Waals surface area contributed by atoms with Crippen LogP contribution in [0.15, 0.2) is 18.2 Å². The number of hydrogen-bond acceptors (Lipinski definition) is 5. The second-order valence-corrected chi connectivity index (χ2v) is 8.52. The Kier molecular flexibility index (Phi) is 5.61. The van der Waals surface area contributed by atoms with E-state index in [2.05, 4.69) is 5.32 Å². The van der Waals surface area contributed by atoms with Gasteiger partial charge in [0.05, 0.1) is 19.4 Å². The van der Waals surface area contributed by atoms with Crippen molar-refractivity contribution in [2.45, 2.75) is 19.4 Å². The maximum absolute atomic E-state index is 11.7. The van der Waals surface area contributed by atoms with Gasteiger partial charge in [0.2, 0.25) is 15.9 Å². The number of carbonyl (C=O) groups is 1. The number of hydrogen-bond donors (Lipinski definition) is 1. The average Bonchev–Trinajstić information content (AvgIpc) is 2.59. The molecule has 2 aliphatic rings. The monoisotopic (exact) mass is 367 g/mol. The van der Waals surface area contributed by atoms with Crippen molar-refractivity contribution in [3.8, 4) is 5.75 Å². The van der Waals surface area contributed by atoms with Crippen LogP contribution in [0.5, 0.6) is 5.75 Å². The Morgan fingerprint density at radius 1 is 1.24 bits per heavy atom. The van der Waals surface area contributed by atoms with Gasteiger partial charge in [-0.2, -0.15) is 4.31 Å². The highest BCUT2D eigenvalue weighted by atomic mass is 32.2.